The van der Waals surface area contributed by atoms with Gasteiger partial charge in [0.25, 0.3) is 11.8 Å². The van der Waals surface area contributed by atoms with Crippen LogP contribution in [0.3, 0.4) is 0 Å². The molecule has 0 radical (unpaired) electrons. The number of rotatable bonds is 4. The smallest absolute Gasteiger partial charge is 0.262 e. The average Bonchev–Trinajstić information content (AvgIpc) is 3.15. The summed E-state index contributed by atoms with van der Waals surface area (Å²) in [6.07, 6.45) is 0. The van der Waals surface area contributed by atoms with Gasteiger partial charge in [-0.2, -0.15) is 5.10 Å². The Morgan fingerprint density at radius 3 is 2.36 bits per heavy atom. The van der Waals surface area contributed by atoms with E-state index in [4.69, 9.17) is 0 Å². The molecule has 0 bridgehead atoms. The van der Waals surface area contributed by atoms with Crippen LogP contribution in [0.25, 0.3) is 5.69 Å². The zero-order valence-corrected chi connectivity index (χ0v) is 16.4. The second-order valence-corrected chi connectivity index (χ2v) is 7.27. The van der Waals surface area contributed by atoms with E-state index in [9.17, 15) is 14.4 Å². The lowest BCUT2D eigenvalue weighted by atomic mass is 10.1. The van der Waals surface area contributed by atoms with Gasteiger partial charge in [0, 0.05) is 10.5 Å². The molecular weight excluding hydrogens is 424 g/mol. The fourth-order valence-electron chi connectivity index (χ4n) is 3.10. The van der Waals surface area contributed by atoms with Crippen molar-refractivity contribution in [3.63, 3.8) is 0 Å². The van der Waals surface area contributed by atoms with Gasteiger partial charge < -0.3 is 5.32 Å². The van der Waals surface area contributed by atoms with Gasteiger partial charge in [0.05, 0.1) is 22.5 Å². The van der Waals surface area contributed by atoms with Crippen molar-refractivity contribution in [2.75, 3.05) is 11.9 Å². The van der Waals surface area contributed by atoms with Crippen LogP contribution < -0.4 is 5.32 Å². The molecule has 2 aromatic carbocycles. The molecule has 0 spiro atoms. The van der Waals surface area contributed by atoms with E-state index in [1.165, 1.54) is 0 Å². The van der Waals surface area contributed by atoms with E-state index in [1.54, 1.807) is 35.0 Å². The Labute approximate surface area is 169 Å². The van der Waals surface area contributed by atoms with Crippen LogP contribution in [-0.4, -0.2) is 38.9 Å². The number of hydrogen-bond acceptors (Lipinski definition) is 4. The number of halogens is 1. The van der Waals surface area contributed by atoms with Crippen LogP contribution in [0.5, 0.6) is 0 Å². The number of carbonyl (C=O) groups excluding carboxylic acids is 3. The number of nitrogens with one attached hydrogen (secondary N) is 1. The Morgan fingerprint density at radius 1 is 1.04 bits per heavy atom. The molecule has 1 aliphatic heterocycles. The molecule has 8 heteroatoms. The van der Waals surface area contributed by atoms with Crippen molar-refractivity contribution in [2.45, 2.75) is 6.92 Å². The van der Waals surface area contributed by atoms with Crippen LogP contribution >= 0.6 is 15.9 Å². The lowest BCUT2D eigenvalue weighted by Crippen LogP contribution is -2.37. The summed E-state index contributed by atoms with van der Waals surface area (Å²) >= 11 is 3.42. The number of fused-ring (bicyclic) bond motifs is 1. The van der Waals surface area contributed by atoms with Crippen molar-refractivity contribution in [3.8, 4) is 5.69 Å². The minimum absolute atomic E-state index is 0.315. The number of anilines is 1. The minimum Gasteiger partial charge on any atom is -0.309 e. The lowest BCUT2D eigenvalue weighted by molar-refractivity contribution is -0.116. The molecule has 0 atom stereocenters. The Morgan fingerprint density at radius 2 is 1.71 bits per heavy atom. The summed E-state index contributed by atoms with van der Waals surface area (Å²) in [5.74, 6) is -0.956. The third kappa shape index (κ3) is 3.22. The molecule has 0 fully saturated rings. The van der Waals surface area contributed by atoms with E-state index in [-0.39, 0.29) is 6.54 Å². The second-order valence-electron chi connectivity index (χ2n) is 6.35. The van der Waals surface area contributed by atoms with E-state index in [2.05, 4.69) is 26.3 Å². The average molecular weight is 439 g/mol. The van der Waals surface area contributed by atoms with Crippen LogP contribution in [0, 0.1) is 6.92 Å². The van der Waals surface area contributed by atoms with Gasteiger partial charge in [0.2, 0.25) is 5.91 Å². The molecule has 1 aliphatic rings. The summed E-state index contributed by atoms with van der Waals surface area (Å²) in [6.45, 7) is 1.45. The molecule has 28 heavy (non-hydrogen) atoms. The summed E-state index contributed by atoms with van der Waals surface area (Å²) in [4.78, 5) is 38.4. The van der Waals surface area contributed by atoms with E-state index in [0.717, 1.165) is 20.8 Å². The van der Waals surface area contributed by atoms with Crippen LogP contribution in [0.1, 0.15) is 26.4 Å². The molecule has 0 unspecified atom stereocenters. The minimum atomic E-state index is -0.481. The third-order valence-corrected chi connectivity index (χ3v) is 4.82. The van der Waals surface area contributed by atoms with Gasteiger partial charge in [0.15, 0.2) is 0 Å². The van der Waals surface area contributed by atoms with Crippen molar-refractivity contribution in [2.24, 2.45) is 0 Å². The summed E-state index contributed by atoms with van der Waals surface area (Å²) in [7, 11) is 0. The van der Waals surface area contributed by atoms with Crippen LogP contribution in [0.2, 0.25) is 0 Å². The maximum absolute atomic E-state index is 12.6. The molecule has 7 nitrogen and oxygen atoms in total. The molecule has 0 saturated heterocycles. The van der Waals surface area contributed by atoms with Crippen molar-refractivity contribution < 1.29 is 14.4 Å². The Kier molecular flexibility index (Phi) is 4.56. The predicted octanol–water partition coefficient (Wildman–Crippen LogP) is 3.18. The number of imide groups is 1. The summed E-state index contributed by atoms with van der Waals surface area (Å²) < 4.78 is 2.47. The van der Waals surface area contributed by atoms with E-state index in [0.29, 0.717) is 16.9 Å². The van der Waals surface area contributed by atoms with Gasteiger partial charge in [-0.15, -0.1) is 0 Å². The van der Waals surface area contributed by atoms with Crippen LogP contribution in [0.15, 0.2) is 59.1 Å². The van der Waals surface area contributed by atoms with Gasteiger partial charge in [-0.1, -0.05) is 34.1 Å². The first kappa shape index (κ1) is 18.1. The van der Waals surface area contributed by atoms with E-state index < -0.39 is 17.7 Å². The standard InChI is InChI=1S/C20H15BrN4O3/c1-12-9-17(25(23-12)14-6-4-5-13(21)10-14)22-18(26)11-24-19(27)15-7-2-3-8-16(15)20(24)28/h2-10H,11H2,1H3,(H,22,26). The molecule has 2 heterocycles. The number of nitrogens with zero attached hydrogens (tertiary/aromatic N) is 3. The van der Waals surface area contributed by atoms with Gasteiger partial charge in [-0.05, 0) is 37.3 Å². The largest absolute Gasteiger partial charge is 0.309 e. The molecule has 1 aromatic heterocycles. The number of carbonyl (C=O) groups is 3. The fraction of sp³-hybridized carbons (Fsp3) is 0.100. The summed E-state index contributed by atoms with van der Waals surface area (Å²) in [5, 5.41) is 7.15. The topological polar surface area (TPSA) is 84.3 Å². The number of amides is 3. The van der Waals surface area contributed by atoms with Gasteiger partial charge in [-0.25, -0.2) is 4.68 Å². The Balaban J connectivity index is 1.54. The summed E-state index contributed by atoms with van der Waals surface area (Å²) in [6, 6.07) is 15.7. The Bertz CT molecular complexity index is 1090. The number of aryl methyl sites for hydroxylation is 1. The van der Waals surface area contributed by atoms with Gasteiger partial charge in [0.1, 0.15) is 12.4 Å². The molecule has 1 N–H and O–H groups in total. The zero-order valence-electron chi connectivity index (χ0n) is 14.8. The van der Waals surface area contributed by atoms with Crippen LogP contribution in [-0.2, 0) is 4.79 Å². The first-order chi connectivity index (χ1) is 13.4. The van der Waals surface area contributed by atoms with Crippen molar-refractivity contribution in [1.29, 1.82) is 0 Å². The second kappa shape index (κ2) is 7.05. The molecule has 4 rings (SSSR count). The normalized spacial score (nSPS) is 13.0. The van der Waals surface area contributed by atoms with E-state index in [1.807, 2.05) is 31.2 Å². The monoisotopic (exact) mass is 438 g/mol. The highest BCUT2D eigenvalue weighted by molar-refractivity contribution is 9.10. The first-order valence-corrected chi connectivity index (χ1v) is 9.31. The van der Waals surface area contributed by atoms with Crippen molar-refractivity contribution in [1.82, 2.24) is 14.7 Å². The third-order valence-electron chi connectivity index (χ3n) is 4.33. The predicted molar refractivity (Wildman–Crippen MR) is 106 cm³/mol. The Hall–Kier alpha value is -3.26. The first-order valence-electron chi connectivity index (χ1n) is 8.52. The molecular formula is C20H15BrN4O3. The molecule has 0 aliphatic carbocycles. The fourth-order valence-corrected chi connectivity index (χ4v) is 3.49. The highest BCUT2D eigenvalue weighted by Gasteiger charge is 2.36. The van der Waals surface area contributed by atoms with Crippen molar-refractivity contribution >= 4 is 39.5 Å². The highest BCUT2D eigenvalue weighted by Crippen LogP contribution is 2.23. The number of aromatic nitrogens is 2. The summed E-state index contributed by atoms with van der Waals surface area (Å²) in [5.41, 5.74) is 2.11. The SMILES string of the molecule is Cc1cc(NC(=O)CN2C(=O)c3ccccc3C2=O)n(-c2cccc(Br)c2)n1. The van der Waals surface area contributed by atoms with E-state index >= 15 is 0 Å². The van der Waals surface area contributed by atoms with Gasteiger partial charge >= 0.3 is 0 Å². The van der Waals surface area contributed by atoms with Gasteiger partial charge in [-0.3, -0.25) is 19.3 Å². The van der Waals surface area contributed by atoms with Crippen molar-refractivity contribution in [3.05, 3.63) is 75.9 Å². The number of hydrogen-bond donors (Lipinski definition) is 1. The number of benzene rings is 2. The molecule has 140 valence electrons. The molecule has 0 saturated carbocycles. The quantitative estimate of drug-likeness (QED) is 0.633. The maximum Gasteiger partial charge on any atom is 0.262 e. The molecule has 3 amide bonds. The maximum atomic E-state index is 12.6. The lowest BCUT2D eigenvalue weighted by Gasteiger charge is -2.14. The highest BCUT2D eigenvalue weighted by atomic mass is 79.9. The van der Waals surface area contributed by atoms with Crippen LogP contribution in [0.4, 0.5) is 5.82 Å². The molecule has 3 aromatic rings. The zero-order chi connectivity index (χ0) is 19.8.